The normalized spacial score (nSPS) is 16.4. The zero-order valence-corrected chi connectivity index (χ0v) is 20.8. The molecule has 8 heteroatoms. The van der Waals surface area contributed by atoms with Gasteiger partial charge in [-0.2, -0.15) is 0 Å². The molecule has 1 aliphatic carbocycles. The van der Waals surface area contributed by atoms with Crippen molar-refractivity contribution in [3.8, 4) is 0 Å². The molecule has 4 rings (SSSR count). The second-order valence-electron chi connectivity index (χ2n) is 9.96. The molecule has 1 aliphatic rings. The van der Waals surface area contributed by atoms with E-state index in [2.05, 4.69) is 21.3 Å². The van der Waals surface area contributed by atoms with Crippen LogP contribution in [0.1, 0.15) is 56.7 Å². The van der Waals surface area contributed by atoms with E-state index in [0.29, 0.717) is 13.1 Å². The summed E-state index contributed by atoms with van der Waals surface area (Å²) in [4.78, 5) is 27.3. The maximum absolute atomic E-state index is 12.1. The average Bonchev–Trinajstić information content (AvgIpc) is 3.24. The molecule has 0 radical (unpaired) electrons. The molecule has 1 unspecified atom stereocenters. The fourth-order valence-corrected chi connectivity index (χ4v) is 4.45. The van der Waals surface area contributed by atoms with Crippen molar-refractivity contribution in [3.05, 3.63) is 71.3 Å². The quantitative estimate of drug-likeness (QED) is 0.419. The Labute approximate surface area is 206 Å². The molecule has 0 fully saturated rings. The first-order valence-corrected chi connectivity index (χ1v) is 12.2. The Bertz CT molecular complexity index is 1150. The molecular formula is C27H35N5O3. The minimum Gasteiger partial charge on any atom is -0.444 e. The zero-order chi connectivity index (χ0) is 24.8. The summed E-state index contributed by atoms with van der Waals surface area (Å²) < 4.78 is 5.31. The van der Waals surface area contributed by atoms with Gasteiger partial charge in [0.15, 0.2) is 0 Å². The van der Waals surface area contributed by atoms with Crippen LogP contribution in [0.2, 0.25) is 0 Å². The van der Waals surface area contributed by atoms with Gasteiger partial charge in [-0.3, -0.25) is 9.88 Å². The van der Waals surface area contributed by atoms with Gasteiger partial charge in [0.05, 0.1) is 35.9 Å². The van der Waals surface area contributed by atoms with Crippen molar-refractivity contribution >= 4 is 17.1 Å². The van der Waals surface area contributed by atoms with E-state index in [-0.39, 0.29) is 19.2 Å². The first kappa shape index (κ1) is 24.9. The molecule has 0 saturated carbocycles. The van der Waals surface area contributed by atoms with Crippen LogP contribution in [0.4, 0.5) is 4.79 Å². The van der Waals surface area contributed by atoms with E-state index in [0.717, 1.165) is 47.4 Å². The number of aliphatic hydroxyl groups is 1. The van der Waals surface area contributed by atoms with Crippen LogP contribution in [0, 0.1) is 0 Å². The number of nitrogens with zero attached hydrogens (tertiary/aromatic N) is 3. The zero-order valence-electron chi connectivity index (χ0n) is 20.8. The summed E-state index contributed by atoms with van der Waals surface area (Å²) in [6.07, 6.45) is 6.48. The number of carbonyl (C=O) groups is 1. The predicted molar refractivity (Wildman–Crippen MR) is 136 cm³/mol. The number of hydrogen-bond donors (Lipinski definition) is 3. The first-order valence-electron chi connectivity index (χ1n) is 12.2. The van der Waals surface area contributed by atoms with Crippen molar-refractivity contribution in [3.63, 3.8) is 0 Å². The number of H-pyrrole nitrogens is 1. The van der Waals surface area contributed by atoms with Crippen LogP contribution >= 0.6 is 0 Å². The molecule has 3 aromatic rings. The number of nitrogens with one attached hydrogen (secondary N) is 2. The lowest BCUT2D eigenvalue weighted by Crippen LogP contribution is -2.35. The number of rotatable bonds is 8. The van der Waals surface area contributed by atoms with E-state index in [4.69, 9.17) is 14.7 Å². The summed E-state index contributed by atoms with van der Waals surface area (Å²) in [5, 5.41) is 12.7. The number of carbonyl (C=O) groups excluding carboxylic acids is 1. The minimum atomic E-state index is -0.571. The maximum Gasteiger partial charge on any atom is 0.407 e. The smallest absolute Gasteiger partial charge is 0.407 e. The number of benzene rings is 1. The molecule has 2 aromatic heterocycles. The Hall–Kier alpha value is -3.23. The number of pyridine rings is 1. The lowest BCUT2D eigenvalue weighted by molar-refractivity contribution is 0.0531. The van der Waals surface area contributed by atoms with Crippen LogP contribution in [0.25, 0.3) is 11.0 Å². The summed E-state index contributed by atoms with van der Waals surface area (Å²) in [6, 6.07) is 12.3. The topological polar surface area (TPSA) is 103 Å². The summed E-state index contributed by atoms with van der Waals surface area (Å²) in [7, 11) is 0. The van der Waals surface area contributed by atoms with Crippen molar-refractivity contribution in [1.82, 2.24) is 25.2 Å². The maximum atomic E-state index is 12.1. The third kappa shape index (κ3) is 6.68. The van der Waals surface area contributed by atoms with E-state index >= 15 is 0 Å². The van der Waals surface area contributed by atoms with Crippen LogP contribution in [0.15, 0.2) is 54.2 Å². The Morgan fingerprint density at radius 2 is 2.11 bits per heavy atom. The molecular weight excluding hydrogens is 442 g/mol. The third-order valence-electron chi connectivity index (χ3n) is 6.07. The number of fused-ring (bicyclic) bond motifs is 2. The largest absolute Gasteiger partial charge is 0.444 e. The summed E-state index contributed by atoms with van der Waals surface area (Å²) in [5.41, 5.74) is 4.51. The van der Waals surface area contributed by atoms with Crippen LogP contribution < -0.4 is 5.32 Å². The molecule has 0 saturated heterocycles. The monoisotopic (exact) mass is 477 g/mol. The Kier molecular flexibility index (Phi) is 7.83. The summed E-state index contributed by atoms with van der Waals surface area (Å²) in [5.74, 6) is 0.889. The van der Waals surface area contributed by atoms with Gasteiger partial charge in [0.1, 0.15) is 11.4 Å². The average molecular weight is 478 g/mol. The summed E-state index contributed by atoms with van der Waals surface area (Å²) in [6.45, 7) is 6.74. The highest BCUT2D eigenvalue weighted by Gasteiger charge is 2.27. The van der Waals surface area contributed by atoms with E-state index in [9.17, 15) is 9.90 Å². The molecule has 3 N–H and O–H groups in total. The highest BCUT2D eigenvalue weighted by molar-refractivity contribution is 5.74. The standard InChI is InChI=1S/C27H35N5O3/c1-27(2,3)35-26(34)29-16-19(18-33)13-15-32(17-24-30-21-10-4-5-11-22(21)31-24)23-12-6-8-20-9-7-14-28-25(20)23/h4-5,7,9-11,13-14,23,33H,6,8,12,15-18H2,1-3H3,(H,29,34)(H,30,31)/b19-13+. The number of aliphatic hydroxyl groups excluding tert-OH is 1. The van der Waals surface area contributed by atoms with Crippen molar-refractivity contribution in [2.24, 2.45) is 0 Å². The van der Waals surface area contributed by atoms with Crippen LogP contribution in [0.3, 0.4) is 0 Å². The fraction of sp³-hybridized carbons (Fsp3) is 0.444. The van der Waals surface area contributed by atoms with Gasteiger partial charge in [-0.05, 0) is 69.4 Å². The number of hydrogen-bond acceptors (Lipinski definition) is 6. The Morgan fingerprint density at radius 1 is 1.29 bits per heavy atom. The van der Waals surface area contributed by atoms with Crippen LogP contribution in [-0.2, 0) is 17.7 Å². The van der Waals surface area contributed by atoms with E-state index < -0.39 is 11.7 Å². The van der Waals surface area contributed by atoms with Gasteiger partial charge in [0, 0.05) is 19.3 Å². The predicted octanol–water partition coefficient (Wildman–Crippen LogP) is 4.28. The van der Waals surface area contributed by atoms with Crippen molar-refractivity contribution in [2.45, 2.75) is 58.2 Å². The molecule has 8 nitrogen and oxygen atoms in total. The highest BCUT2D eigenvalue weighted by atomic mass is 16.6. The van der Waals surface area contributed by atoms with Gasteiger partial charge in [-0.15, -0.1) is 0 Å². The second kappa shape index (κ2) is 11.0. The SMILES string of the molecule is CC(C)(C)OC(=O)NC/C(=C\CN(Cc1nc2ccccc2[nH]1)C1CCCc2cccnc21)CO. The van der Waals surface area contributed by atoms with Gasteiger partial charge >= 0.3 is 6.09 Å². The van der Waals surface area contributed by atoms with Crippen LogP contribution in [-0.4, -0.2) is 56.3 Å². The molecule has 1 atom stereocenters. The molecule has 0 bridgehead atoms. The number of para-hydroxylation sites is 2. The van der Waals surface area contributed by atoms with Gasteiger partial charge in [0.2, 0.25) is 0 Å². The number of alkyl carbamates (subject to hydrolysis) is 1. The molecule has 35 heavy (non-hydrogen) atoms. The van der Waals surface area contributed by atoms with Gasteiger partial charge in [0.25, 0.3) is 0 Å². The molecule has 0 aliphatic heterocycles. The third-order valence-corrected chi connectivity index (χ3v) is 6.07. The van der Waals surface area contributed by atoms with Crippen LogP contribution in [0.5, 0.6) is 0 Å². The number of imidazole rings is 1. The molecule has 1 aromatic carbocycles. The molecule has 2 heterocycles. The van der Waals surface area contributed by atoms with E-state index in [1.54, 1.807) is 0 Å². The molecule has 0 spiro atoms. The molecule has 186 valence electrons. The fourth-order valence-electron chi connectivity index (χ4n) is 4.45. The highest BCUT2D eigenvalue weighted by Crippen LogP contribution is 2.33. The number of aromatic nitrogens is 3. The van der Waals surface area contributed by atoms with Gasteiger partial charge < -0.3 is 20.1 Å². The van der Waals surface area contributed by atoms with Gasteiger partial charge in [-0.25, -0.2) is 9.78 Å². The number of amides is 1. The van der Waals surface area contributed by atoms with Crippen molar-refractivity contribution in [1.29, 1.82) is 0 Å². The Balaban J connectivity index is 1.53. The van der Waals surface area contributed by atoms with Crippen molar-refractivity contribution < 1.29 is 14.6 Å². The first-order chi connectivity index (χ1) is 16.8. The lowest BCUT2D eigenvalue weighted by atomic mass is 9.90. The minimum absolute atomic E-state index is 0.142. The Morgan fingerprint density at radius 3 is 2.89 bits per heavy atom. The second-order valence-corrected chi connectivity index (χ2v) is 9.96. The van der Waals surface area contributed by atoms with Gasteiger partial charge in [-0.1, -0.05) is 24.3 Å². The van der Waals surface area contributed by atoms with E-state index in [1.165, 1.54) is 5.56 Å². The van der Waals surface area contributed by atoms with E-state index in [1.807, 2.05) is 63.4 Å². The number of aryl methyl sites for hydroxylation is 1. The lowest BCUT2D eigenvalue weighted by Gasteiger charge is -2.34. The summed E-state index contributed by atoms with van der Waals surface area (Å²) >= 11 is 0. The van der Waals surface area contributed by atoms with Crippen molar-refractivity contribution in [2.75, 3.05) is 19.7 Å². The number of aromatic amines is 1. The molecule has 1 amide bonds. The number of ether oxygens (including phenoxy) is 1.